The van der Waals surface area contributed by atoms with Crippen LogP contribution in [0, 0.1) is 12.3 Å². The number of terminal acetylenes is 1. The number of amides is 1. The lowest BCUT2D eigenvalue weighted by Gasteiger charge is -2.36. The van der Waals surface area contributed by atoms with E-state index in [2.05, 4.69) is 16.1 Å². The van der Waals surface area contributed by atoms with Crippen LogP contribution >= 0.6 is 11.6 Å². The Balaban J connectivity index is 2.25. The molecule has 2 heterocycles. The zero-order valence-corrected chi connectivity index (χ0v) is 12.3. The molecule has 0 bridgehead atoms. The van der Waals surface area contributed by atoms with Crippen molar-refractivity contribution in [1.29, 1.82) is 0 Å². The third-order valence-corrected chi connectivity index (χ3v) is 3.94. The van der Waals surface area contributed by atoms with E-state index in [-0.39, 0.29) is 11.9 Å². The van der Waals surface area contributed by atoms with Gasteiger partial charge in [-0.25, -0.2) is 0 Å². The standard InChI is InChI=1S/C16H14ClN3O/c1-3-5-13-12-9-18-19-16(12)11-8-10(17)6-7-14(11)20(13)15(21)4-2/h1,6-9,13H,4-5H2,2H3,(H,18,19). The number of H-pyrrole nitrogens is 1. The van der Waals surface area contributed by atoms with E-state index in [0.717, 1.165) is 22.5 Å². The van der Waals surface area contributed by atoms with E-state index in [1.165, 1.54) is 0 Å². The minimum Gasteiger partial charge on any atom is -0.303 e. The number of benzene rings is 1. The molecule has 0 radical (unpaired) electrons. The summed E-state index contributed by atoms with van der Waals surface area (Å²) in [6.45, 7) is 1.84. The second-order valence-corrected chi connectivity index (χ2v) is 5.34. The van der Waals surface area contributed by atoms with Crippen molar-refractivity contribution in [2.24, 2.45) is 0 Å². The molecule has 1 aromatic carbocycles. The third kappa shape index (κ3) is 2.10. The van der Waals surface area contributed by atoms with Crippen LogP contribution in [0.1, 0.15) is 31.4 Å². The van der Waals surface area contributed by atoms with Crippen molar-refractivity contribution >= 4 is 23.2 Å². The number of hydrogen-bond donors (Lipinski definition) is 1. The number of nitrogens with zero attached hydrogens (tertiary/aromatic N) is 2. The van der Waals surface area contributed by atoms with E-state index in [1.54, 1.807) is 17.2 Å². The average Bonchev–Trinajstić information content (AvgIpc) is 2.97. The molecule has 106 valence electrons. The Morgan fingerprint density at radius 1 is 1.57 bits per heavy atom. The maximum absolute atomic E-state index is 12.4. The first-order valence-corrected chi connectivity index (χ1v) is 7.13. The predicted octanol–water partition coefficient (Wildman–Crippen LogP) is 3.55. The van der Waals surface area contributed by atoms with Crippen molar-refractivity contribution in [3.8, 4) is 23.6 Å². The van der Waals surface area contributed by atoms with Crippen LogP contribution in [0.5, 0.6) is 0 Å². The van der Waals surface area contributed by atoms with Crippen LogP contribution in [0.3, 0.4) is 0 Å². The number of nitrogens with one attached hydrogen (secondary N) is 1. The molecule has 1 aliphatic heterocycles. The molecule has 0 spiro atoms. The van der Waals surface area contributed by atoms with E-state index < -0.39 is 0 Å². The molecule has 5 heteroatoms. The Morgan fingerprint density at radius 2 is 2.38 bits per heavy atom. The van der Waals surface area contributed by atoms with E-state index >= 15 is 0 Å². The van der Waals surface area contributed by atoms with Crippen molar-refractivity contribution in [3.63, 3.8) is 0 Å². The van der Waals surface area contributed by atoms with Gasteiger partial charge in [0.25, 0.3) is 0 Å². The highest BCUT2D eigenvalue weighted by Gasteiger charge is 2.35. The molecule has 0 saturated heterocycles. The summed E-state index contributed by atoms with van der Waals surface area (Å²) in [5.74, 6) is 2.69. The van der Waals surface area contributed by atoms with Crippen LogP contribution in [0.25, 0.3) is 11.3 Å². The molecular weight excluding hydrogens is 286 g/mol. The number of anilines is 1. The first-order chi connectivity index (χ1) is 10.2. The van der Waals surface area contributed by atoms with E-state index in [4.69, 9.17) is 18.0 Å². The van der Waals surface area contributed by atoms with Crippen molar-refractivity contribution in [3.05, 3.63) is 35.0 Å². The maximum atomic E-state index is 12.4. The van der Waals surface area contributed by atoms with Gasteiger partial charge in [0, 0.05) is 29.0 Å². The molecule has 2 aromatic rings. The van der Waals surface area contributed by atoms with Gasteiger partial charge in [-0.2, -0.15) is 5.10 Å². The first kappa shape index (κ1) is 13.7. The van der Waals surface area contributed by atoms with Gasteiger partial charge in [-0.15, -0.1) is 12.3 Å². The molecule has 0 aliphatic carbocycles. The normalized spacial score (nSPS) is 16.0. The molecule has 1 aromatic heterocycles. The number of aromatic amines is 1. The first-order valence-electron chi connectivity index (χ1n) is 6.76. The Bertz CT molecular complexity index is 744. The van der Waals surface area contributed by atoms with Gasteiger partial charge in [0.05, 0.1) is 23.6 Å². The quantitative estimate of drug-likeness (QED) is 0.862. The SMILES string of the molecule is C#CCC1c2cn[nH]c2-c2cc(Cl)ccc2N1C(=O)CC. The fourth-order valence-electron chi connectivity index (χ4n) is 2.78. The highest BCUT2D eigenvalue weighted by molar-refractivity contribution is 6.31. The molecule has 1 atom stereocenters. The second-order valence-electron chi connectivity index (χ2n) is 4.90. The summed E-state index contributed by atoms with van der Waals surface area (Å²) in [7, 11) is 0. The van der Waals surface area contributed by atoms with Crippen molar-refractivity contribution < 1.29 is 4.79 Å². The van der Waals surface area contributed by atoms with Gasteiger partial charge >= 0.3 is 0 Å². The van der Waals surface area contributed by atoms with Crippen LogP contribution < -0.4 is 4.90 Å². The summed E-state index contributed by atoms with van der Waals surface area (Å²) in [6, 6.07) is 5.30. The summed E-state index contributed by atoms with van der Waals surface area (Å²) >= 11 is 6.10. The molecule has 1 aliphatic rings. The van der Waals surface area contributed by atoms with Crippen LogP contribution in [0.15, 0.2) is 24.4 Å². The molecule has 21 heavy (non-hydrogen) atoms. The minimum atomic E-state index is -0.190. The topological polar surface area (TPSA) is 49.0 Å². The number of rotatable bonds is 2. The Hall–Kier alpha value is -2.25. The lowest BCUT2D eigenvalue weighted by molar-refractivity contribution is -0.118. The molecule has 1 amide bonds. The summed E-state index contributed by atoms with van der Waals surface area (Å²) in [4.78, 5) is 14.2. The molecule has 1 unspecified atom stereocenters. The molecule has 1 N–H and O–H groups in total. The molecular formula is C16H14ClN3O. The van der Waals surface area contributed by atoms with Gasteiger partial charge in [0.15, 0.2) is 0 Å². The van der Waals surface area contributed by atoms with Gasteiger partial charge in [-0.3, -0.25) is 9.89 Å². The van der Waals surface area contributed by atoms with Gasteiger partial charge in [-0.1, -0.05) is 18.5 Å². The summed E-state index contributed by atoms with van der Waals surface area (Å²) < 4.78 is 0. The third-order valence-electron chi connectivity index (χ3n) is 3.71. The number of hydrogen-bond acceptors (Lipinski definition) is 2. The van der Waals surface area contributed by atoms with Crippen molar-refractivity contribution in [2.75, 3.05) is 4.90 Å². The highest BCUT2D eigenvalue weighted by Crippen LogP contribution is 2.45. The van der Waals surface area contributed by atoms with Gasteiger partial charge < -0.3 is 4.90 Å². The van der Waals surface area contributed by atoms with Gasteiger partial charge in [0.1, 0.15) is 0 Å². The lowest BCUT2D eigenvalue weighted by atomic mass is 9.91. The Morgan fingerprint density at radius 3 is 3.10 bits per heavy atom. The van der Waals surface area contributed by atoms with Crippen molar-refractivity contribution in [1.82, 2.24) is 10.2 Å². The second kappa shape index (κ2) is 5.27. The minimum absolute atomic E-state index is 0.0330. The number of carbonyl (C=O) groups excluding carboxylic acids is 1. The molecule has 0 saturated carbocycles. The number of carbonyl (C=O) groups is 1. The maximum Gasteiger partial charge on any atom is 0.227 e. The Labute approximate surface area is 128 Å². The van der Waals surface area contributed by atoms with Crippen molar-refractivity contribution in [2.45, 2.75) is 25.8 Å². The highest BCUT2D eigenvalue weighted by atomic mass is 35.5. The van der Waals surface area contributed by atoms with E-state index in [0.29, 0.717) is 17.9 Å². The molecule has 0 fully saturated rings. The lowest BCUT2D eigenvalue weighted by Crippen LogP contribution is -2.36. The predicted molar refractivity (Wildman–Crippen MR) is 83.0 cm³/mol. The fourth-order valence-corrected chi connectivity index (χ4v) is 2.95. The monoisotopic (exact) mass is 299 g/mol. The van der Waals surface area contributed by atoms with E-state index in [9.17, 15) is 4.79 Å². The molecule has 4 nitrogen and oxygen atoms in total. The van der Waals surface area contributed by atoms with Crippen LogP contribution in [-0.2, 0) is 4.79 Å². The van der Waals surface area contributed by atoms with E-state index in [1.807, 2.05) is 19.1 Å². The Kier molecular flexibility index (Phi) is 3.44. The zero-order chi connectivity index (χ0) is 15.0. The molecule has 3 rings (SSSR count). The van der Waals surface area contributed by atoms with Crippen LogP contribution in [-0.4, -0.2) is 16.1 Å². The largest absolute Gasteiger partial charge is 0.303 e. The van der Waals surface area contributed by atoms with Gasteiger partial charge in [-0.05, 0) is 18.2 Å². The zero-order valence-electron chi connectivity index (χ0n) is 11.6. The van der Waals surface area contributed by atoms with Gasteiger partial charge in [0.2, 0.25) is 5.91 Å². The fraction of sp³-hybridized carbons (Fsp3) is 0.250. The number of halogens is 1. The number of aromatic nitrogens is 2. The summed E-state index contributed by atoms with van der Waals surface area (Å²) in [5.41, 5.74) is 3.52. The number of fused-ring (bicyclic) bond motifs is 3. The summed E-state index contributed by atoms with van der Waals surface area (Å²) in [6.07, 6.45) is 8.08. The van der Waals surface area contributed by atoms with Crippen LogP contribution in [0.4, 0.5) is 5.69 Å². The summed E-state index contributed by atoms with van der Waals surface area (Å²) in [5, 5.41) is 7.72. The van der Waals surface area contributed by atoms with Crippen LogP contribution in [0.2, 0.25) is 5.02 Å². The average molecular weight is 300 g/mol. The smallest absolute Gasteiger partial charge is 0.227 e.